The Morgan fingerprint density at radius 3 is 2.25 bits per heavy atom. The van der Waals surface area contributed by atoms with Crippen molar-refractivity contribution in [2.24, 2.45) is 0 Å². The molecule has 0 saturated carbocycles. The molecule has 0 unspecified atom stereocenters. The van der Waals surface area contributed by atoms with E-state index in [0.29, 0.717) is 5.56 Å². The lowest BCUT2D eigenvalue weighted by Gasteiger charge is -2.15. The number of hydrogen-bond donors (Lipinski definition) is 0. The second-order valence-corrected chi connectivity index (χ2v) is 4.65. The number of terminal acetylenes is 1. The molecule has 84 valence electrons. The molecule has 0 saturated heterocycles. The molecule has 1 rings (SSSR count). The highest BCUT2D eigenvalue weighted by atomic mass is 127. The van der Waals surface area contributed by atoms with Gasteiger partial charge in [0.2, 0.25) is 0 Å². The molecule has 2 nitrogen and oxygen atoms in total. The molecule has 0 aromatic heterocycles. The van der Waals surface area contributed by atoms with Gasteiger partial charge < -0.3 is 4.74 Å². The minimum Gasteiger partial charge on any atom is -0.465 e. The maximum atomic E-state index is 11.7. The number of carbonyl (C=O) groups excluding carboxylic acids is 1. The largest absolute Gasteiger partial charge is 0.465 e. The summed E-state index contributed by atoms with van der Waals surface area (Å²) in [4.78, 5) is 11.7. The molecular formula is C13H13IO2. The normalized spacial score (nSPS) is 9.75. The van der Waals surface area contributed by atoms with Crippen LogP contribution >= 0.6 is 22.6 Å². The highest BCUT2D eigenvalue weighted by molar-refractivity contribution is 14.1. The first-order valence-electron chi connectivity index (χ1n) is 4.79. The maximum Gasteiger partial charge on any atom is 0.338 e. The lowest BCUT2D eigenvalue weighted by Crippen LogP contribution is -2.11. The van der Waals surface area contributed by atoms with Gasteiger partial charge in [0, 0.05) is 9.13 Å². The van der Waals surface area contributed by atoms with Crippen molar-refractivity contribution in [3.8, 4) is 12.3 Å². The molecule has 0 aliphatic heterocycles. The Morgan fingerprint density at radius 1 is 1.25 bits per heavy atom. The lowest BCUT2D eigenvalue weighted by atomic mass is 9.94. The second-order valence-electron chi connectivity index (χ2n) is 3.57. The van der Waals surface area contributed by atoms with Gasteiger partial charge in [0.05, 0.1) is 12.7 Å². The third-order valence-electron chi connectivity index (χ3n) is 2.69. The zero-order chi connectivity index (χ0) is 12.5. The first-order valence-corrected chi connectivity index (χ1v) is 5.87. The van der Waals surface area contributed by atoms with Crippen LogP contribution in [-0.2, 0) is 4.74 Å². The molecule has 0 fully saturated rings. The molecule has 0 aliphatic rings. The van der Waals surface area contributed by atoms with Crippen LogP contribution in [0.1, 0.15) is 32.6 Å². The van der Waals surface area contributed by atoms with Crippen molar-refractivity contribution in [1.29, 1.82) is 0 Å². The fraction of sp³-hybridized carbons (Fsp3) is 0.308. The van der Waals surface area contributed by atoms with Gasteiger partial charge in [-0.25, -0.2) is 4.79 Å². The minimum atomic E-state index is -0.329. The first-order chi connectivity index (χ1) is 7.45. The van der Waals surface area contributed by atoms with Gasteiger partial charge in [-0.3, -0.25) is 0 Å². The van der Waals surface area contributed by atoms with Crippen LogP contribution in [0.15, 0.2) is 0 Å². The highest BCUT2D eigenvalue weighted by Crippen LogP contribution is 2.28. The second kappa shape index (κ2) is 4.88. The van der Waals surface area contributed by atoms with Crippen molar-refractivity contribution >= 4 is 28.6 Å². The average Bonchev–Trinajstić information content (AvgIpc) is 2.27. The Balaban J connectivity index is 3.70. The summed E-state index contributed by atoms with van der Waals surface area (Å²) in [6.45, 7) is 5.74. The monoisotopic (exact) mass is 328 g/mol. The molecule has 0 heterocycles. The van der Waals surface area contributed by atoms with Crippen molar-refractivity contribution in [2.45, 2.75) is 20.8 Å². The van der Waals surface area contributed by atoms with Crippen LogP contribution in [0.2, 0.25) is 0 Å². The SMILES string of the molecule is C#Cc1c(C)c(I)c(C)c(C(=O)OC)c1C. The molecule has 0 bridgehead atoms. The standard InChI is InChI=1S/C13H13IO2/c1-6-10-7(2)11(13(15)16-5)9(4)12(14)8(10)3/h1H,2-5H3. The Morgan fingerprint density at radius 2 is 1.81 bits per heavy atom. The molecule has 0 N–H and O–H groups in total. The van der Waals surface area contributed by atoms with E-state index in [1.807, 2.05) is 20.8 Å². The Labute approximate surface area is 110 Å². The number of carbonyl (C=O) groups is 1. The Kier molecular flexibility index (Phi) is 3.98. The predicted molar refractivity (Wildman–Crippen MR) is 72.6 cm³/mol. The first kappa shape index (κ1) is 13.0. The lowest BCUT2D eigenvalue weighted by molar-refractivity contribution is 0.0599. The Bertz CT molecular complexity index is 496. The van der Waals surface area contributed by atoms with Crippen molar-refractivity contribution in [1.82, 2.24) is 0 Å². The molecule has 1 aromatic rings. The van der Waals surface area contributed by atoms with Crippen molar-refractivity contribution in [3.63, 3.8) is 0 Å². The van der Waals surface area contributed by atoms with Crippen LogP contribution in [0.3, 0.4) is 0 Å². The van der Waals surface area contributed by atoms with E-state index in [1.54, 1.807) is 0 Å². The number of methoxy groups -OCH3 is 1. The number of esters is 1. The minimum absolute atomic E-state index is 0.329. The fourth-order valence-corrected chi connectivity index (χ4v) is 2.35. The van der Waals surface area contributed by atoms with E-state index in [2.05, 4.69) is 28.5 Å². The van der Waals surface area contributed by atoms with E-state index in [4.69, 9.17) is 11.2 Å². The molecule has 0 spiro atoms. The zero-order valence-electron chi connectivity index (χ0n) is 9.77. The van der Waals surface area contributed by atoms with Crippen LogP contribution in [0.5, 0.6) is 0 Å². The molecular weight excluding hydrogens is 315 g/mol. The molecule has 16 heavy (non-hydrogen) atoms. The third kappa shape index (κ3) is 1.94. The fourth-order valence-electron chi connectivity index (χ4n) is 1.81. The molecule has 0 atom stereocenters. The van der Waals surface area contributed by atoms with E-state index in [0.717, 1.165) is 25.8 Å². The third-order valence-corrected chi connectivity index (χ3v) is 4.31. The molecule has 0 amide bonds. The van der Waals surface area contributed by atoms with Gasteiger partial charge in [-0.05, 0) is 60.1 Å². The quantitative estimate of drug-likeness (QED) is 0.450. The molecule has 0 aliphatic carbocycles. The molecule has 1 aromatic carbocycles. The van der Waals surface area contributed by atoms with Crippen LogP contribution in [-0.4, -0.2) is 13.1 Å². The van der Waals surface area contributed by atoms with Crippen LogP contribution in [0, 0.1) is 36.7 Å². The van der Waals surface area contributed by atoms with E-state index in [-0.39, 0.29) is 5.97 Å². The van der Waals surface area contributed by atoms with Crippen molar-refractivity contribution in [2.75, 3.05) is 7.11 Å². The van der Waals surface area contributed by atoms with E-state index in [9.17, 15) is 4.79 Å². The van der Waals surface area contributed by atoms with E-state index >= 15 is 0 Å². The van der Waals surface area contributed by atoms with Gasteiger partial charge in [-0.2, -0.15) is 0 Å². The Hall–Kier alpha value is -1.02. The summed E-state index contributed by atoms with van der Waals surface area (Å²) in [7, 11) is 1.38. The summed E-state index contributed by atoms with van der Waals surface area (Å²) >= 11 is 2.21. The smallest absolute Gasteiger partial charge is 0.338 e. The van der Waals surface area contributed by atoms with Crippen LogP contribution < -0.4 is 0 Å². The summed E-state index contributed by atoms with van der Waals surface area (Å²) in [6.07, 6.45) is 5.48. The summed E-state index contributed by atoms with van der Waals surface area (Å²) < 4.78 is 5.81. The summed E-state index contributed by atoms with van der Waals surface area (Å²) in [5.74, 6) is 2.31. The van der Waals surface area contributed by atoms with E-state index in [1.165, 1.54) is 7.11 Å². The van der Waals surface area contributed by atoms with Gasteiger partial charge in [-0.1, -0.05) is 5.92 Å². The zero-order valence-corrected chi connectivity index (χ0v) is 11.9. The van der Waals surface area contributed by atoms with Gasteiger partial charge in [0.1, 0.15) is 0 Å². The van der Waals surface area contributed by atoms with E-state index < -0.39 is 0 Å². The highest BCUT2D eigenvalue weighted by Gasteiger charge is 2.19. The van der Waals surface area contributed by atoms with Gasteiger partial charge in [0.25, 0.3) is 0 Å². The summed E-state index contributed by atoms with van der Waals surface area (Å²) in [5.41, 5.74) is 4.18. The number of hydrogen-bond acceptors (Lipinski definition) is 2. The van der Waals surface area contributed by atoms with Crippen LogP contribution in [0.25, 0.3) is 0 Å². The topological polar surface area (TPSA) is 26.3 Å². The van der Waals surface area contributed by atoms with Crippen LogP contribution in [0.4, 0.5) is 0 Å². The number of halogens is 1. The van der Waals surface area contributed by atoms with Crippen molar-refractivity contribution < 1.29 is 9.53 Å². The number of ether oxygens (including phenoxy) is 1. The molecule has 3 heteroatoms. The van der Waals surface area contributed by atoms with Crippen molar-refractivity contribution in [3.05, 3.63) is 31.4 Å². The summed E-state index contributed by atoms with van der Waals surface area (Å²) in [6, 6.07) is 0. The average molecular weight is 328 g/mol. The summed E-state index contributed by atoms with van der Waals surface area (Å²) in [5, 5.41) is 0. The molecule has 0 radical (unpaired) electrons. The van der Waals surface area contributed by atoms with Gasteiger partial charge >= 0.3 is 5.97 Å². The predicted octanol–water partition coefficient (Wildman–Crippen LogP) is 2.98. The number of benzene rings is 1. The maximum absolute atomic E-state index is 11.7. The number of rotatable bonds is 1. The van der Waals surface area contributed by atoms with Gasteiger partial charge in [-0.15, -0.1) is 6.42 Å². The van der Waals surface area contributed by atoms with Gasteiger partial charge in [0.15, 0.2) is 0 Å².